The highest BCUT2D eigenvalue weighted by Gasteiger charge is 2.57. The van der Waals surface area contributed by atoms with Crippen molar-refractivity contribution in [3.63, 3.8) is 0 Å². The molecule has 0 saturated heterocycles. The predicted molar refractivity (Wildman–Crippen MR) is 136 cm³/mol. The van der Waals surface area contributed by atoms with Crippen LogP contribution in [-0.2, 0) is 15.8 Å². The standard InChI is InChI=1S/C28H22F4N4O4/c1-26(25(33)38)14-40-23-19(26)12-21(36-22(23)15-4-7-18(29)8-5-15)27(39,28(30,31)32)13-35-24(37)17-6-9-20-16(11-17)3-2-10-34-20/h2-12,39H,13-14H2,1H3,(H2,33,38)(H,35,37)/t26-,27?/m0/s1. The van der Waals surface area contributed by atoms with Gasteiger partial charge in [0.05, 0.1) is 17.8 Å². The third kappa shape index (κ3) is 4.49. The third-order valence-electron chi connectivity index (χ3n) is 7.00. The van der Waals surface area contributed by atoms with E-state index in [1.165, 1.54) is 31.2 Å². The van der Waals surface area contributed by atoms with E-state index in [0.717, 1.165) is 18.2 Å². The molecule has 40 heavy (non-hydrogen) atoms. The van der Waals surface area contributed by atoms with Crippen LogP contribution in [0, 0.1) is 5.82 Å². The zero-order valence-corrected chi connectivity index (χ0v) is 20.9. The Balaban J connectivity index is 1.58. The van der Waals surface area contributed by atoms with E-state index < -0.39 is 47.1 Å². The Morgan fingerprint density at radius 2 is 1.85 bits per heavy atom. The highest BCUT2D eigenvalue weighted by molar-refractivity contribution is 5.98. The minimum absolute atomic E-state index is 0.0185. The van der Waals surface area contributed by atoms with Gasteiger partial charge in [0.2, 0.25) is 11.5 Å². The van der Waals surface area contributed by atoms with Crippen molar-refractivity contribution in [3.8, 4) is 17.0 Å². The summed E-state index contributed by atoms with van der Waals surface area (Å²) in [5.74, 6) is -2.37. The van der Waals surface area contributed by atoms with Gasteiger partial charge < -0.3 is 20.9 Å². The van der Waals surface area contributed by atoms with Crippen molar-refractivity contribution in [2.45, 2.75) is 24.1 Å². The molecule has 2 atom stereocenters. The van der Waals surface area contributed by atoms with E-state index >= 15 is 0 Å². The number of nitrogens with one attached hydrogen (secondary N) is 1. The van der Waals surface area contributed by atoms with Crippen LogP contribution in [0.25, 0.3) is 22.2 Å². The van der Waals surface area contributed by atoms with Crippen molar-refractivity contribution in [1.29, 1.82) is 0 Å². The summed E-state index contributed by atoms with van der Waals surface area (Å²) >= 11 is 0. The number of aliphatic hydroxyl groups is 1. The van der Waals surface area contributed by atoms with Crippen molar-refractivity contribution < 1.29 is 37.0 Å². The number of nitrogens with zero attached hydrogens (tertiary/aromatic N) is 2. The van der Waals surface area contributed by atoms with E-state index in [0.29, 0.717) is 10.9 Å². The van der Waals surface area contributed by atoms with Gasteiger partial charge in [-0.15, -0.1) is 0 Å². The number of carbonyl (C=O) groups excluding carboxylic acids is 2. The molecule has 8 nitrogen and oxygen atoms in total. The minimum Gasteiger partial charge on any atom is -0.489 e. The average molecular weight is 555 g/mol. The van der Waals surface area contributed by atoms with Gasteiger partial charge in [0, 0.05) is 28.3 Å². The molecular weight excluding hydrogens is 532 g/mol. The molecule has 0 aliphatic carbocycles. The van der Waals surface area contributed by atoms with Crippen molar-refractivity contribution >= 4 is 22.7 Å². The normalized spacial score (nSPS) is 18.1. The lowest BCUT2D eigenvalue weighted by Crippen LogP contribution is -2.51. The molecule has 2 aromatic heterocycles. The lowest BCUT2D eigenvalue weighted by molar-refractivity contribution is -0.265. The summed E-state index contributed by atoms with van der Waals surface area (Å²) in [6.07, 6.45) is -3.76. The van der Waals surface area contributed by atoms with Gasteiger partial charge in [-0.3, -0.25) is 14.6 Å². The third-order valence-corrected chi connectivity index (χ3v) is 7.00. The van der Waals surface area contributed by atoms with Crippen LogP contribution in [0.2, 0.25) is 0 Å². The molecular formula is C28H22F4N4O4. The fourth-order valence-corrected chi connectivity index (χ4v) is 4.47. The molecule has 5 rings (SSSR count). The highest BCUT2D eigenvalue weighted by atomic mass is 19.4. The number of nitrogens with two attached hydrogens (primary N) is 1. The molecule has 1 aliphatic heterocycles. The quantitative estimate of drug-likeness (QED) is 0.312. The Morgan fingerprint density at radius 1 is 1.12 bits per heavy atom. The molecule has 0 fully saturated rings. The van der Waals surface area contributed by atoms with Crippen LogP contribution in [0.4, 0.5) is 17.6 Å². The molecule has 0 bridgehead atoms. The number of carbonyl (C=O) groups is 2. The lowest BCUT2D eigenvalue weighted by Gasteiger charge is -2.31. The van der Waals surface area contributed by atoms with Crippen LogP contribution in [0.5, 0.6) is 5.75 Å². The van der Waals surface area contributed by atoms with Gasteiger partial charge in [-0.2, -0.15) is 13.2 Å². The number of primary amides is 1. The molecule has 3 heterocycles. The maximum absolute atomic E-state index is 14.5. The van der Waals surface area contributed by atoms with Crippen molar-refractivity contribution in [2.24, 2.45) is 5.73 Å². The Hall–Kier alpha value is -4.58. The number of hydrogen-bond donors (Lipinski definition) is 3. The molecule has 0 spiro atoms. The number of pyridine rings is 2. The molecule has 0 saturated carbocycles. The summed E-state index contributed by atoms with van der Waals surface area (Å²) in [6.45, 7) is -0.194. The molecule has 4 aromatic rings. The van der Waals surface area contributed by atoms with Crippen LogP contribution in [-0.4, -0.2) is 46.2 Å². The van der Waals surface area contributed by atoms with Gasteiger partial charge in [-0.1, -0.05) is 6.07 Å². The number of benzene rings is 2. The second kappa shape index (κ2) is 9.56. The molecule has 4 N–H and O–H groups in total. The predicted octanol–water partition coefficient (Wildman–Crippen LogP) is 3.75. The molecule has 0 radical (unpaired) electrons. The SMILES string of the molecule is C[C@]1(C(N)=O)COc2c1cc(C(O)(CNC(=O)c1ccc3ncccc3c1)C(F)(F)F)nc2-c1ccc(F)cc1. The van der Waals surface area contributed by atoms with Gasteiger partial charge in [-0.25, -0.2) is 9.37 Å². The van der Waals surface area contributed by atoms with Crippen molar-refractivity contribution in [2.75, 3.05) is 13.2 Å². The number of hydrogen-bond acceptors (Lipinski definition) is 6. The zero-order chi connectivity index (χ0) is 28.9. The van der Waals surface area contributed by atoms with Gasteiger partial charge in [0.1, 0.15) is 29.3 Å². The molecule has 2 amide bonds. The largest absolute Gasteiger partial charge is 0.489 e. The summed E-state index contributed by atoms with van der Waals surface area (Å²) in [7, 11) is 0. The Bertz CT molecular complexity index is 1640. The number of amides is 2. The van der Waals surface area contributed by atoms with Crippen molar-refractivity contribution in [3.05, 3.63) is 89.5 Å². The lowest BCUT2D eigenvalue weighted by atomic mass is 9.81. The van der Waals surface area contributed by atoms with E-state index in [9.17, 15) is 32.3 Å². The number of rotatable bonds is 6. The van der Waals surface area contributed by atoms with Gasteiger partial charge in [0.25, 0.3) is 5.91 Å². The van der Waals surface area contributed by atoms with Gasteiger partial charge in [0.15, 0.2) is 0 Å². The Labute approximate surface area is 224 Å². The molecule has 206 valence electrons. The van der Waals surface area contributed by atoms with E-state index in [1.807, 2.05) is 0 Å². The van der Waals surface area contributed by atoms with E-state index in [2.05, 4.69) is 15.3 Å². The first-order valence-corrected chi connectivity index (χ1v) is 12.0. The number of halogens is 4. The number of aromatic nitrogens is 2. The van der Waals surface area contributed by atoms with E-state index in [4.69, 9.17) is 10.5 Å². The van der Waals surface area contributed by atoms with Gasteiger partial charge >= 0.3 is 6.18 Å². The van der Waals surface area contributed by atoms with Crippen molar-refractivity contribution in [1.82, 2.24) is 15.3 Å². The highest BCUT2D eigenvalue weighted by Crippen LogP contribution is 2.47. The van der Waals surface area contributed by atoms with Crippen LogP contribution in [0.15, 0.2) is 66.9 Å². The minimum atomic E-state index is -5.32. The summed E-state index contributed by atoms with van der Waals surface area (Å²) < 4.78 is 62.8. The van der Waals surface area contributed by atoms with E-state index in [-0.39, 0.29) is 34.7 Å². The Morgan fingerprint density at radius 3 is 2.52 bits per heavy atom. The molecule has 12 heteroatoms. The first-order valence-electron chi connectivity index (χ1n) is 12.0. The summed E-state index contributed by atoms with van der Waals surface area (Å²) in [5.41, 5.74) is 0.0511. The van der Waals surface area contributed by atoms with Crippen LogP contribution >= 0.6 is 0 Å². The van der Waals surface area contributed by atoms with Crippen LogP contribution in [0.1, 0.15) is 28.5 Å². The second-order valence-corrected chi connectivity index (χ2v) is 9.68. The molecule has 1 unspecified atom stereocenters. The number of ether oxygens (including phenoxy) is 1. The first kappa shape index (κ1) is 27.0. The fourth-order valence-electron chi connectivity index (χ4n) is 4.47. The second-order valence-electron chi connectivity index (χ2n) is 9.68. The maximum atomic E-state index is 14.5. The molecule has 1 aliphatic rings. The monoisotopic (exact) mass is 554 g/mol. The summed E-state index contributed by atoms with van der Waals surface area (Å²) in [6, 6.07) is 13.3. The van der Waals surface area contributed by atoms with Crippen LogP contribution in [0.3, 0.4) is 0 Å². The van der Waals surface area contributed by atoms with E-state index in [1.54, 1.807) is 24.4 Å². The molecule has 2 aromatic carbocycles. The summed E-state index contributed by atoms with van der Waals surface area (Å²) in [5, 5.41) is 13.9. The average Bonchev–Trinajstić information content (AvgIpc) is 3.28. The van der Waals surface area contributed by atoms with Crippen LogP contribution < -0.4 is 15.8 Å². The number of fused-ring (bicyclic) bond motifs is 2. The Kier molecular flexibility index (Phi) is 6.45. The first-order chi connectivity index (χ1) is 18.8. The maximum Gasteiger partial charge on any atom is 0.424 e. The smallest absolute Gasteiger partial charge is 0.424 e. The number of alkyl halides is 3. The summed E-state index contributed by atoms with van der Waals surface area (Å²) in [4.78, 5) is 33.4. The topological polar surface area (TPSA) is 127 Å². The van der Waals surface area contributed by atoms with Gasteiger partial charge in [-0.05, 0) is 61.5 Å². The fraction of sp³-hybridized carbons (Fsp3) is 0.214. The zero-order valence-electron chi connectivity index (χ0n) is 20.9.